The van der Waals surface area contributed by atoms with Crippen LogP contribution >= 0.6 is 11.3 Å². The van der Waals surface area contributed by atoms with Crippen LogP contribution in [0.3, 0.4) is 0 Å². The third-order valence-corrected chi connectivity index (χ3v) is 3.47. The molecule has 15 heavy (non-hydrogen) atoms. The lowest BCUT2D eigenvalue weighted by Gasteiger charge is -1.98. The third kappa shape index (κ3) is 3.89. The maximum Gasteiger partial charge on any atom is 0.0951 e. The first-order valence-corrected chi connectivity index (χ1v) is 6.45. The molecule has 0 atom stereocenters. The van der Waals surface area contributed by atoms with Crippen LogP contribution in [-0.2, 0) is 17.7 Å². The van der Waals surface area contributed by atoms with E-state index in [0.717, 1.165) is 32.2 Å². The smallest absolute Gasteiger partial charge is 0.0951 e. The summed E-state index contributed by atoms with van der Waals surface area (Å²) in [5.74, 6) is 0. The van der Waals surface area contributed by atoms with Crippen LogP contribution < -0.4 is 5.32 Å². The van der Waals surface area contributed by atoms with Crippen LogP contribution in [0.5, 0.6) is 0 Å². The van der Waals surface area contributed by atoms with Gasteiger partial charge in [-0.2, -0.15) is 0 Å². The highest BCUT2D eigenvalue weighted by atomic mass is 32.1. The van der Waals surface area contributed by atoms with Gasteiger partial charge in [-0.1, -0.05) is 0 Å². The molecule has 1 aromatic heterocycles. The van der Waals surface area contributed by atoms with Gasteiger partial charge in [0.2, 0.25) is 0 Å². The standard InChI is InChI=1S/C11H18N2OS/c1-2-14-6-5-11-13-8-10(15-11)7-12-9-3-4-9/h8-9,12H,2-7H2,1H3. The van der Waals surface area contributed by atoms with Crippen LogP contribution in [0.25, 0.3) is 0 Å². The van der Waals surface area contributed by atoms with Crippen molar-refractivity contribution in [3.05, 3.63) is 16.1 Å². The molecule has 0 bridgehead atoms. The Labute approximate surface area is 94.9 Å². The van der Waals surface area contributed by atoms with Crippen LogP contribution in [0.4, 0.5) is 0 Å². The average Bonchev–Trinajstić information content (AvgIpc) is 2.97. The Kier molecular flexibility index (Phi) is 4.11. The van der Waals surface area contributed by atoms with Crippen molar-refractivity contribution >= 4 is 11.3 Å². The molecular formula is C11H18N2OS. The fraction of sp³-hybridized carbons (Fsp3) is 0.727. The Hall–Kier alpha value is -0.450. The molecule has 0 aliphatic heterocycles. The molecule has 0 saturated heterocycles. The highest BCUT2D eigenvalue weighted by molar-refractivity contribution is 7.11. The summed E-state index contributed by atoms with van der Waals surface area (Å²) < 4.78 is 5.31. The highest BCUT2D eigenvalue weighted by Gasteiger charge is 2.20. The minimum atomic E-state index is 0.777. The zero-order valence-corrected chi connectivity index (χ0v) is 9.98. The fourth-order valence-electron chi connectivity index (χ4n) is 1.38. The Balaban J connectivity index is 1.70. The molecule has 1 fully saturated rings. The van der Waals surface area contributed by atoms with Crippen molar-refractivity contribution in [2.24, 2.45) is 0 Å². The third-order valence-electron chi connectivity index (χ3n) is 2.41. The lowest BCUT2D eigenvalue weighted by molar-refractivity contribution is 0.151. The summed E-state index contributed by atoms with van der Waals surface area (Å²) in [6, 6.07) is 0.777. The summed E-state index contributed by atoms with van der Waals surface area (Å²) in [7, 11) is 0. The van der Waals surface area contributed by atoms with Gasteiger partial charge in [-0.05, 0) is 19.8 Å². The first kappa shape index (κ1) is 11.0. The summed E-state index contributed by atoms with van der Waals surface area (Å²) in [6.45, 7) is 4.59. The molecule has 4 heteroatoms. The van der Waals surface area contributed by atoms with E-state index in [4.69, 9.17) is 4.74 Å². The quantitative estimate of drug-likeness (QED) is 0.722. The second-order valence-electron chi connectivity index (χ2n) is 3.82. The van der Waals surface area contributed by atoms with Crippen LogP contribution in [0, 0.1) is 0 Å². The van der Waals surface area contributed by atoms with Gasteiger partial charge in [0.05, 0.1) is 11.6 Å². The van der Waals surface area contributed by atoms with Crippen molar-refractivity contribution in [2.75, 3.05) is 13.2 Å². The van der Waals surface area contributed by atoms with E-state index in [0.29, 0.717) is 0 Å². The van der Waals surface area contributed by atoms with Crippen molar-refractivity contribution in [3.63, 3.8) is 0 Å². The van der Waals surface area contributed by atoms with Gasteiger partial charge in [0.25, 0.3) is 0 Å². The molecule has 2 rings (SSSR count). The molecule has 1 N–H and O–H groups in total. The molecular weight excluding hydrogens is 208 g/mol. The zero-order valence-electron chi connectivity index (χ0n) is 9.16. The number of ether oxygens (including phenoxy) is 1. The number of hydrogen-bond acceptors (Lipinski definition) is 4. The van der Waals surface area contributed by atoms with Gasteiger partial charge in [-0.3, -0.25) is 0 Å². The van der Waals surface area contributed by atoms with E-state index < -0.39 is 0 Å². The number of thiazole rings is 1. The maximum absolute atomic E-state index is 5.31. The van der Waals surface area contributed by atoms with Gasteiger partial charge in [0.1, 0.15) is 0 Å². The van der Waals surface area contributed by atoms with E-state index >= 15 is 0 Å². The molecule has 1 saturated carbocycles. The van der Waals surface area contributed by atoms with Gasteiger partial charge < -0.3 is 10.1 Å². The van der Waals surface area contributed by atoms with Crippen LogP contribution in [0.15, 0.2) is 6.20 Å². The second kappa shape index (κ2) is 5.58. The van der Waals surface area contributed by atoms with Gasteiger partial charge >= 0.3 is 0 Å². The first-order valence-electron chi connectivity index (χ1n) is 5.63. The number of nitrogens with zero attached hydrogens (tertiary/aromatic N) is 1. The minimum absolute atomic E-state index is 0.777. The van der Waals surface area contributed by atoms with Crippen molar-refractivity contribution in [1.29, 1.82) is 0 Å². The van der Waals surface area contributed by atoms with Gasteiger partial charge in [0, 0.05) is 36.7 Å². The van der Waals surface area contributed by atoms with Gasteiger partial charge in [-0.15, -0.1) is 11.3 Å². The van der Waals surface area contributed by atoms with Crippen molar-refractivity contribution in [1.82, 2.24) is 10.3 Å². The molecule has 0 radical (unpaired) electrons. The average molecular weight is 226 g/mol. The van der Waals surface area contributed by atoms with Gasteiger partial charge in [0.15, 0.2) is 0 Å². The number of aromatic nitrogens is 1. The molecule has 1 aliphatic rings. The Morgan fingerprint density at radius 3 is 3.20 bits per heavy atom. The predicted octanol–water partition coefficient (Wildman–Crippen LogP) is 1.97. The second-order valence-corrected chi connectivity index (χ2v) is 5.02. The van der Waals surface area contributed by atoms with E-state index in [1.54, 1.807) is 11.3 Å². The van der Waals surface area contributed by atoms with E-state index in [9.17, 15) is 0 Å². The monoisotopic (exact) mass is 226 g/mol. The predicted molar refractivity (Wildman–Crippen MR) is 62.2 cm³/mol. The Bertz CT molecular complexity index is 297. The summed E-state index contributed by atoms with van der Waals surface area (Å²) in [4.78, 5) is 5.73. The lowest BCUT2D eigenvalue weighted by atomic mass is 10.5. The number of nitrogens with one attached hydrogen (secondary N) is 1. The summed E-state index contributed by atoms with van der Waals surface area (Å²) >= 11 is 1.80. The van der Waals surface area contributed by atoms with Crippen LogP contribution in [0.1, 0.15) is 29.7 Å². The summed E-state index contributed by atoms with van der Waals surface area (Å²) in [6.07, 6.45) is 5.62. The zero-order chi connectivity index (χ0) is 10.5. The molecule has 84 valence electrons. The maximum atomic E-state index is 5.31. The van der Waals surface area contributed by atoms with Crippen molar-refractivity contribution in [2.45, 2.75) is 38.8 Å². The van der Waals surface area contributed by atoms with Crippen molar-refractivity contribution < 1.29 is 4.74 Å². The Morgan fingerprint density at radius 2 is 2.47 bits per heavy atom. The van der Waals surface area contributed by atoms with Crippen molar-refractivity contribution in [3.8, 4) is 0 Å². The molecule has 0 unspecified atom stereocenters. The Morgan fingerprint density at radius 1 is 1.60 bits per heavy atom. The number of hydrogen-bond donors (Lipinski definition) is 1. The molecule has 1 aromatic rings. The molecule has 1 heterocycles. The summed E-state index contributed by atoms with van der Waals surface area (Å²) in [5.41, 5.74) is 0. The number of rotatable bonds is 7. The molecule has 1 aliphatic carbocycles. The van der Waals surface area contributed by atoms with E-state index in [1.807, 2.05) is 13.1 Å². The SMILES string of the molecule is CCOCCc1ncc(CNC2CC2)s1. The van der Waals surface area contributed by atoms with E-state index in [2.05, 4.69) is 10.3 Å². The van der Waals surface area contributed by atoms with Crippen LogP contribution in [0.2, 0.25) is 0 Å². The summed E-state index contributed by atoms with van der Waals surface area (Å²) in [5, 5.41) is 4.68. The first-order chi connectivity index (χ1) is 7.38. The lowest BCUT2D eigenvalue weighted by Crippen LogP contribution is -2.14. The molecule has 3 nitrogen and oxygen atoms in total. The van der Waals surface area contributed by atoms with Crippen LogP contribution in [-0.4, -0.2) is 24.2 Å². The fourth-order valence-corrected chi connectivity index (χ4v) is 2.24. The largest absolute Gasteiger partial charge is 0.381 e. The van der Waals surface area contributed by atoms with Gasteiger partial charge in [-0.25, -0.2) is 4.98 Å². The highest BCUT2D eigenvalue weighted by Crippen LogP contribution is 2.20. The minimum Gasteiger partial charge on any atom is -0.381 e. The molecule has 0 spiro atoms. The van der Waals surface area contributed by atoms with E-state index in [-0.39, 0.29) is 0 Å². The normalized spacial score (nSPS) is 15.8. The molecule has 0 aromatic carbocycles. The molecule has 0 amide bonds. The van der Waals surface area contributed by atoms with E-state index in [1.165, 1.54) is 22.7 Å². The topological polar surface area (TPSA) is 34.1 Å².